The number of amides is 1. The second-order valence-electron chi connectivity index (χ2n) is 10.6. The molecule has 1 saturated heterocycles. The molecule has 2 aromatic carbocycles. The van der Waals surface area contributed by atoms with E-state index in [-0.39, 0.29) is 17.4 Å². The first-order valence-electron chi connectivity index (χ1n) is 12.8. The van der Waals surface area contributed by atoms with Gasteiger partial charge in [0.05, 0.1) is 17.0 Å². The van der Waals surface area contributed by atoms with Crippen molar-refractivity contribution in [1.82, 2.24) is 9.80 Å². The third-order valence-corrected chi connectivity index (χ3v) is 8.78. The van der Waals surface area contributed by atoms with Crippen molar-refractivity contribution in [3.05, 3.63) is 83.5 Å². The highest BCUT2D eigenvalue weighted by Crippen LogP contribution is 2.64. The molecule has 0 aromatic heterocycles. The number of carbonyl (C=O) groups excluding carboxylic acids is 1. The first-order valence-corrected chi connectivity index (χ1v) is 12.8. The molecule has 202 valence electrons. The Kier molecular flexibility index (Phi) is 5.65. The summed E-state index contributed by atoms with van der Waals surface area (Å²) in [5.41, 5.74) is -0.889. The second-order valence-corrected chi connectivity index (χ2v) is 10.6. The van der Waals surface area contributed by atoms with Gasteiger partial charge in [0, 0.05) is 43.2 Å². The van der Waals surface area contributed by atoms with Crippen LogP contribution >= 0.6 is 0 Å². The number of nitrogens with zero attached hydrogens (tertiary/aromatic N) is 2. The summed E-state index contributed by atoms with van der Waals surface area (Å²) in [6, 6.07) is 6.93. The number of phenols is 1. The number of aliphatic hydroxyl groups is 1. The monoisotopic (exact) mass is 536 g/mol. The predicted molar refractivity (Wildman–Crippen MR) is 137 cm³/mol. The number of hydrogen-bond acceptors (Lipinski definition) is 5. The molecule has 0 saturated carbocycles. The zero-order valence-electron chi connectivity index (χ0n) is 21.2. The Bertz CT molecular complexity index is 1460. The number of likely N-dealkylation sites (N-methyl/N-ethyl adjacent to an activating group) is 1. The summed E-state index contributed by atoms with van der Waals surface area (Å²) in [6.07, 6.45) is 1.34. The highest BCUT2D eigenvalue weighted by Gasteiger charge is 2.72. The van der Waals surface area contributed by atoms with Gasteiger partial charge in [-0.25, -0.2) is 0 Å². The molecule has 0 radical (unpaired) electrons. The van der Waals surface area contributed by atoms with Crippen molar-refractivity contribution in [2.75, 3.05) is 20.1 Å². The Labute approximate surface area is 224 Å². The van der Waals surface area contributed by atoms with Crippen molar-refractivity contribution in [2.24, 2.45) is 0 Å². The van der Waals surface area contributed by atoms with Gasteiger partial charge >= 0.3 is 6.18 Å². The van der Waals surface area contributed by atoms with E-state index in [1.54, 1.807) is 25.3 Å². The van der Waals surface area contributed by atoms with E-state index < -0.39 is 40.8 Å². The minimum atomic E-state index is -4.45. The molecule has 39 heavy (non-hydrogen) atoms. The summed E-state index contributed by atoms with van der Waals surface area (Å²) in [5, 5.41) is 23.1. The van der Waals surface area contributed by atoms with E-state index in [1.807, 2.05) is 12.1 Å². The van der Waals surface area contributed by atoms with E-state index in [0.717, 1.165) is 23.3 Å². The van der Waals surface area contributed by atoms with E-state index in [9.17, 15) is 28.2 Å². The van der Waals surface area contributed by atoms with Crippen LogP contribution in [0.15, 0.2) is 61.2 Å². The van der Waals surface area contributed by atoms with Gasteiger partial charge in [0.15, 0.2) is 11.5 Å². The quantitative estimate of drug-likeness (QED) is 0.465. The number of rotatable bonds is 3. The van der Waals surface area contributed by atoms with Crippen LogP contribution in [0.1, 0.15) is 28.7 Å². The molecule has 1 fully saturated rings. The number of benzene rings is 2. The molecule has 2 heterocycles. The number of likely N-dealkylation sites (tertiary alicyclic amines) is 1. The molecule has 0 unspecified atom stereocenters. The van der Waals surface area contributed by atoms with Crippen molar-refractivity contribution >= 4 is 5.91 Å². The third kappa shape index (κ3) is 3.55. The Morgan fingerprint density at radius 1 is 1.28 bits per heavy atom. The van der Waals surface area contributed by atoms with Gasteiger partial charge in [0.25, 0.3) is 5.91 Å². The number of carbonyl (C=O) groups is 1. The Morgan fingerprint density at radius 2 is 2.03 bits per heavy atom. The van der Waals surface area contributed by atoms with Crippen LogP contribution in [0.5, 0.6) is 11.5 Å². The molecule has 6 nitrogen and oxygen atoms in total. The van der Waals surface area contributed by atoms with Gasteiger partial charge in [-0.05, 0) is 48.7 Å². The topological polar surface area (TPSA) is 73.2 Å². The minimum Gasteiger partial charge on any atom is -0.504 e. The highest BCUT2D eigenvalue weighted by molar-refractivity contribution is 5.94. The van der Waals surface area contributed by atoms with Crippen LogP contribution in [0, 0.1) is 11.8 Å². The lowest BCUT2D eigenvalue weighted by Gasteiger charge is -2.62. The van der Waals surface area contributed by atoms with E-state index in [1.165, 1.54) is 17.0 Å². The van der Waals surface area contributed by atoms with Crippen LogP contribution in [0.4, 0.5) is 13.2 Å². The third-order valence-electron chi connectivity index (χ3n) is 8.78. The van der Waals surface area contributed by atoms with Crippen LogP contribution in [0.25, 0.3) is 0 Å². The summed E-state index contributed by atoms with van der Waals surface area (Å²) >= 11 is 0. The molecule has 2 bridgehead atoms. The lowest BCUT2D eigenvalue weighted by atomic mass is 9.50. The smallest absolute Gasteiger partial charge is 0.416 e. The number of aromatic hydroxyl groups is 1. The average molecular weight is 537 g/mol. The van der Waals surface area contributed by atoms with Crippen LogP contribution in [-0.2, 0) is 22.8 Å². The van der Waals surface area contributed by atoms with Gasteiger partial charge in [-0.15, -0.1) is 6.58 Å². The second kappa shape index (κ2) is 8.63. The van der Waals surface area contributed by atoms with Gasteiger partial charge < -0.3 is 19.8 Å². The average Bonchev–Trinajstić information content (AvgIpc) is 3.25. The van der Waals surface area contributed by atoms with Crippen molar-refractivity contribution in [2.45, 2.75) is 48.2 Å². The first-order chi connectivity index (χ1) is 18.5. The molecule has 2 aliphatic heterocycles. The van der Waals surface area contributed by atoms with Crippen LogP contribution < -0.4 is 4.74 Å². The van der Waals surface area contributed by atoms with E-state index >= 15 is 0 Å². The molecule has 5 atom stereocenters. The normalized spacial score (nSPS) is 30.0. The maximum atomic E-state index is 13.2. The molecule has 9 heteroatoms. The van der Waals surface area contributed by atoms with Crippen molar-refractivity contribution in [3.8, 4) is 23.3 Å². The fraction of sp³-hybridized carbons (Fsp3) is 0.367. The molecular formula is C30H27F3N2O4. The summed E-state index contributed by atoms with van der Waals surface area (Å²) in [5.74, 6) is 4.96. The number of hydrogen-bond donors (Lipinski definition) is 2. The standard InChI is InChI=1S/C30H27F3N2O4/c1-3-15-35-16-14-28-25-19-7-10-22(36)26(25)39-27(28)21(12-13-29(28,38)23(35)17-19)34(2)24(37)11-6-18-4-8-20(9-5-18)30(31,32)33/h3-5,7-10,12-13,21,23,27,36,38H,1,14-17H2,2H3/t21-,23+,27-,28-,29+/m0/s1. The number of phenolic OH excluding ortho intramolecular Hbond substituents is 1. The maximum absolute atomic E-state index is 13.2. The number of halogens is 3. The number of ether oxygens (including phenoxy) is 1. The fourth-order valence-electron chi connectivity index (χ4n) is 6.98. The summed E-state index contributed by atoms with van der Waals surface area (Å²) in [7, 11) is 1.58. The van der Waals surface area contributed by atoms with E-state index in [4.69, 9.17) is 4.74 Å². The highest BCUT2D eigenvalue weighted by atomic mass is 19.4. The largest absolute Gasteiger partial charge is 0.504 e. The zero-order chi connectivity index (χ0) is 27.7. The molecule has 1 amide bonds. The van der Waals surface area contributed by atoms with E-state index in [2.05, 4.69) is 23.3 Å². The molecule has 2 aromatic rings. The summed E-state index contributed by atoms with van der Waals surface area (Å²) in [6.45, 7) is 5.16. The van der Waals surface area contributed by atoms with Crippen LogP contribution in [-0.4, -0.2) is 69.8 Å². The Morgan fingerprint density at radius 3 is 2.72 bits per heavy atom. The molecule has 2 aliphatic carbocycles. The SMILES string of the molecule is C=CCN1CC[C@]23c4c5ccc(O)c4O[C@H]2[C@@H](N(C)C(=O)C#Cc2ccc(C(F)(F)F)cc2)C=C[C@@]3(O)[C@H]1C5. The van der Waals surface area contributed by atoms with Gasteiger partial charge in [-0.3, -0.25) is 9.69 Å². The van der Waals surface area contributed by atoms with Crippen molar-refractivity contribution < 1.29 is 32.9 Å². The Hall–Kier alpha value is -3.74. The van der Waals surface area contributed by atoms with Crippen molar-refractivity contribution in [1.29, 1.82) is 0 Å². The molecule has 6 rings (SSSR count). The predicted octanol–water partition coefficient (Wildman–Crippen LogP) is 3.41. The molecule has 4 aliphatic rings. The van der Waals surface area contributed by atoms with Gasteiger partial charge in [-0.1, -0.05) is 30.2 Å². The summed E-state index contributed by atoms with van der Waals surface area (Å²) < 4.78 is 45.0. The number of piperidine rings is 1. The van der Waals surface area contributed by atoms with E-state index in [0.29, 0.717) is 31.7 Å². The minimum absolute atomic E-state index is 0.0123. The maximum Gasteiger partial charge on any atom is 0.416 e. The Balaban J connectivity index is 1.36. The number of alkyl halides is 3. The van der Waals surface area contributed by atoms with Crippen molar-refractivity contribution in [3.63, 3.8) is 0 Å². The van der Waals surface area contributed by atoms with Gasteiger partial charge in [0.2, 0.25) is 0 Å². The lowest BCUT2D eigenvalue weighted by molar-refractivity contribution is -0.152. The van der Waals surface area contributed by atoms with Gasteiger partial charge in [-0.2, -0.15) is 13.2 Å². The first kappa shape index (κ1) is 25.5. The van der Waals surface area contributed by atoms with Crippen LogP contribution in [0.2, 0.25) is 0 Å². The molecular weight excluding hydrogens is 509 g/mol. The fourth-order valence-corrected chi connectivity index (χ4v) is 6.98. The zero-order valence-corrected chi connectivity index (χ0v) is 21.2. The summed E-state index contributed by atoms with van der Waals surface area (Å²) in [4.78, 5) is 16.8. The van der Waals surface area contributed by atoms with Crippen LogP contribution in [0.3, 0.4) is 0 Å². The van der Waals surface area contributed by atoms with Gasteiger partial charge in [0.1, 0.15) is 11.7 Å². The lowest BCUT2D eigenvalue weighted by Crippen LogP contribution is -2.76. The molecule has 1 spiro atoms. The molecule has 2 N–H and O–H groups in total.